The molecule has 3 rings (SSSR count). The largest absolute Gasteiger partial charge is 0.490 e. The Bertz CT molecular complexity index is 725. The maximum absolute atomic E-state index is 13.4. The van der Waals surface area contributed by atoms with Gasteiger partial charge in [-0.05, 0) is 61.8 Å². The van der Waals surface area contributed by atoms with Crippen LogP contribution in [0.1, 0.15) is 69.9 Å². The van der Waals surface area contributed by atoms with Crippen molar-refractivity contribution in [2.45, 2.75) is 71.3 Å². The predicted octanol–water partition coefficient (Wildman–Crippen LogP) is 6.34. The smallest absolute Gasteiger partial charge is 0.146 e. The average molecular weight is 365 g/mol. The van der Waals surface area contributed by atoms with E-state index in [-0.39, 0.29) is 17.4 Å². The monoisotopic (exact) mass is 364 g/mol. The van der Waals surface area contributed by atoms with Crippen LogP contribution in [0.2, 0.25) is 0 Å². The van der Waals surface area contributed by atoms with Gasteiger partial charge in [-0.1, -0.05) is 63.2 Å². The summed E-state index contributed by atoms with van der Waals surface area (Å²) >= 11 is 0. The highest BCUT2D eigenvalue weighted by Crippen LogP contribution is 2.44. The molecule has 2 aromatic rings. The van der Waals surface area contributed by atoms with Crippen molar-refractivity contribution in [1.29, 1.82) is 0 Å². The van der Waals surface area contributed by atoms with Crippen molar-refractivity contribution in [3.05, 3.63) is 65.7 Å². The first kappa shape index (κ1) is 19.7. The maximum Gasteiger partial charge on any atom is 0.146 e. The Morgan fingerprint density at radius 1 is 1.04 bits per heavy atom. The molecule has 0 saturated heterocycles. The van der Waals surface area contributed by atoms with Crippen LogP contribution in [0.15, 0.2) is 54.6 Å². The normalized spacial score (nSPS) is 23.6. The van der Waals surface area contributed by atoms with E-state index in [1.807, 2.05) is 30.3 Å². The van der Waals surface area contributed by atoms with Gasteiger partial charge in [0.25, 0.3) is 0 Å². The molecule has 1 aliphatic carbocycles. The lowest BCUT2D eigenvalue weighted by Gasteiger charge is -2.40. The fraction of sp³-hybridized carbons (Fsp3) is 0.480. The molecule has 1 atom stereocenters. The molecule has 1 unspecified atom stereocenters. The lowest BCUT2D eigenvalue weighted by molar-refractivity contribution is -0.133. The Morgan fingerprint density at radius 2 is 1.67 bits per heavy atom. The van der Waals surface area contributed by atoms with Crippen LogP contribution < -0.4 is 4.74 Å². The minimum absolute atomic E-state index is 0.0394. The average Bonchev–Trinajstić information content (AvgIpc) is 2.74. The Morgan fingerprint density at radius 3 is 2.22 bits per heavy atom. The van der Waals surface area contributed by atoms with Gasteiger partial charge in [-0.15, -0.1) is 0 Å². The highest BCUT2D eigenvalue weighted by Gasteiger charge is 2.42. The first-order chi connectivity index (χ1) is 13.1. The van der Waals surface area contributed by atoms with Gasteiger partial charge in [0.1, 0.15) is 11.5 Å². The van der Waals surface area contributed by atoms with Gasteiger partial charge in [0.05, 0.1) is 6.10 Å². The Kier molecular flexibility index (Phi) is 6.36. The van der Waals surface area contributed by atoms with E-state index in [1.165, 1.54) is 5.56 Å². The van der Waals surface area contributed by atoms with Crippen LogP contribution in [0, 0.1) is 5.41 Å². The Balaban J connectivity index is 1.65. The number of hydrogen-bond donors (Lipinski definition) is 0. The molecule has 0 aliphatic heterocycles. The van der Waals surface area contributed by atoms with E-state index in [1.54, 1.807) is 0 Å². The van der Waals surface area contributed by atoms with E-state index in [9.17, 15) is 4.79 Å². The highest BCUT2D eigenvalue weighted by atomic mass is 16.5. The summed E-state index contributed by atoms with van der Waals surface area (Å²) in [4.78, 5) is 13.4. The zero-order chi connectivity index (χ0) is 19.3. The van der Waals surface area contributed by atoms with Crippen molar-refractivity contribution in [3.63, 3.8) is 0 Å². The van der Waals surface area contributed by atoms with Gasteiger partial charge in [-0.25, -0.2) is 0 Å². The number of hydrogen-bond acceptors (Lipinski definition) is 2. The van der Waals surface area contributed by atoms with Crippen LogP contribution >= 0.6 is 0 Å². The van der Waals surface area contributed by atoms with E-state index < -0.39 is 0 Å². The zero-order valence-electron chi connectivity index (χ0n) is 16.9. The number of ketones is 1. The van der Waals surface area contributed by atoms with E-state index in [0.29, 0.717) is 5.78 Å². The van der Waals surface area contributed by atoms with E-state index in [0.717, 1.165) is 49.8 Å². The molecular formula is C25H32O2. The molecule has 0 spiro atoms. The summed E-state index contributed by atoms with van der Waals surface area (Å²) in [5, 5.41) is 0. The summed E-state index contributed by atoms with van der Waals surface area (Å²) < 4.78 is 6.13. The third-order valence-electron chi connectivity index (χ3n) is 6.42. The molecule has 0 bridgehead atoms. The number of para-hydroxylation sites is 1. The quantitative estimate of drug-likeness (QED) is 0.573. The van der Waals surface area contributed by atoms with Gasteiger partial charge in [-0.2, -0.15) is 0 Å². The number of carbonyl (C=O) groups is 1. The lowest BCUT2D eigenvalue weighted by atomic mass is 9.65. The first-order valence-corrected chi connectivity index (χ1v) is 10.4. The Hall–Kier alpha value is -2.09. The topological polar surface area (TPSA) is 26.3 Å². The summed E-state index contributed by atoms with van der Waals surface area (Å²) in [5.74, 6) is 1.30. The molecule has 2 aromatic carbocycles. The first-order valence-electron chi connectivity index (χ1n) is 10.4. The van der Waals surface area contributed by atoms with Crippen molar-refractivity contribution in [1.82, 2.24) is 0 Å². The van der Waals surface area contributed by atoms with Gasteiger partial charge < -0.3 is 4.74 Å². The van der Waals surface area contributed by atoms with Crippen LogP contribution in [0.3, 0.4) is 0 Å². The highest BCUT2D eigenvalue weighted by molar-refractivity contribution is 5.90. The third kappa shape index (κ3) is 4.43. The third-order valence-corrected chi connectivity index (χ3v) is 6.42. The van der Waals surface area contributed by atoms with Gasteiger partial charge in [0, 0.05) is 11.3 Å². The van der Waals surface area contributed by atoms with Gasteiger partial charge in [0.15, 0.2) is 0 Å². The molecule has 2 heteroatoms. The van der Waals surface area contributed by atoms with Gasteiger partial charge in [0.2, 0.25) is 0 Å². The summed E-state index contributed by atoms with van der Waals surface area (Å²) in [6.07, 6.45) is 5.94. The molecule has 1 aliphatic rings. The van der Waals surface area contributed by atoms with Gasteiger partial charge >= 0.3 is 0 Å². The molecule has 0 N–H and O–H groups in total. The summed E-state index contributed by atoms with van der Waals surface area (Å²) in [7, 11) is 0. The van der Waals surface area contributed by atoms with Crippen LogP contribution in [0.5, 0.6) is 5.75 Å². The standard InChI is InChI=1S/C25H32O2/c1-4-20-11-13-21(14-12-20)19(3)24(26)25(5-2)17-15-23(16-18-25)27-22-9-7-6-8-10-22/h6-14,19,23H,4-5,15-18H2,1-3H3/t19?,23-,25-. The van der Waals surface area contributed by atoms with Gasteiger partial charge in [-0.3, -0.25) is 4.79 Å². The molecule has 0 aromatic heterocycles. The van der Waals surface area contributed by atoms with Crippen LogP contribution in [0.25, 0.3) is 0 Å². The number of carbonyl (C=O) groups excluding carboxylic acids is 1. The molecule has 1 saturated carbocycles. The number of Topliss-reactive ketones (excluding diaryl/α,β-unsaturated/α-hetero) is 1. The number of rotatable bonds is 7. The Labute approximate surface area is 164 Å². The van der Waals surface area contributed by atoms with Crippen molar-refractivity contribution in [2.75, 3.05) is 0 Å². The molecular weight excluding hydrogens is 332 g/mol. The molecule has 0 radical (unpaired) electrons. The second-order valence-electron chi connectivity index (χ2n) is 7.95. The fourth-order valence-corrected chi connectivity index (χ4v) is 4.38. The molecule has 0 heterocycles. The zero-order valence-corrected chi connectivity index (χ0v) is 16.9. The molecule has 144 valence electrons. The van der Waals surface area contributed by atoms with Crippen LogP contribution in [-0.2, 0) is 11.2 Å². The summed E-state index contributed by atoms with van der Waals surface area (Å²) in [6.45, 7) is 6.40. The molecule has 27 heavy (non-hydrogen) atoms. The SMILES string of the molecule is CCc1ccc(C(C)C(=O)[C@]2(CC)CC[C@@H](Oc3ccccc3)CC2)cc1. The van der Waals surface area contributed by atoms with E-state index in [4.69, 9.17) is 4.74 Å². The number of benzene rings is 2. The van der Waals surface area contributed by atoms with Crippen molar-refractivity contribution in [2.24, 2.45) is 5.41 Å². The molecule has 1 fully saturated rings. The number of ether oxygens (including phenoxy) is 1. The predicted molar refractivity (Wildman–Crippen MR) is 111 cm³/mol. The lowest BCUT2D eigenvalue weighted by Crippen LogP contribution is -2.40. The van der Waals surface area contributed by atoms with Crippen molar-refractivity contribution >= 4 is 5.78 Å². The van der Waals surface area contributed by atoms with Crippen molar-refractivity contribution in [3.8, 4) is 5.75 Å². The second kappa shape index (κ2) is 8.73. The second-order valence-corrected chi connectivity index (χ2v) is 7.95. The number of aryl methyl sites for hydroxylation is 1. The minimum atomic E-state index is -0.195. The summed E-state index contributed by atoms with van der Waals surface area (Å²) in [5.41, 5.74) is 2.27. The molecule has 2 nitrogen and oxygen atoms in total. The minimum Gasteiger partial charge on any atom is -0.490 e. The van der Waals surface area contributed by atoms with Crippen LogP contribution in [0.4, 0.5) is 0 Å². The van der Waals surface area contributed by atoms with E-state index in [2.05, 4.69) is 45.0 Å². The van der Waals surface area contributed by atoms with Crippen molar-refractivity contribution < 1.29 is 9.53 Å². The van der Waals surface area contributed by atoms with E-state index >= 15 is 0 Å². The summed E-state index contributed by atoms with van der Waals surface area (Å²) in [6, 6.07) is 18.6. The van der Waals surface area contributed by atoms with Crippen LogP contribution in [-0.4, -0.2) is 11.9 Å². The molecule has 0 amide bonds. The fourth-order valence-electron chi connectivity index (χ4n) is 4.38. The maximum atomic E-state index is 13.4.